The number of imidazole rings is 1. The van der Waals surface area contributed by atoms with Crippen molar-refractivity contribution in [3.05, 3.63) is 58.2 Å². The zero-order valence-electron chi connectivity index (χ0n) is 12.8. The quantitative estimate of drug-likeness (QED) is 0.789. The normalized spacial score (nSPS) is 14.8. The van der Waals surface area contributed by atoms with Crippen LogP contribution in [-0.2, 0) is 26.6 Å². The molecule has 1 aliphatic heterocycles. The van der Waals surface area contributed by atoms with Gasteiger partial charge in [0.1, 0.15) is 0 Å². The molecule has 0 saturated carbocycles. The number of nitrogens with one attached hydrogen (secondary N) is 1. The number of H-pyrrole nitrogens is 1. The van der Waals surface area contributed by atoms with E-state index in [2.05, 4.69) is 19.9 Å². The Morgan fingerprint density at radius 1 is 1.43 bits per heavy atom. The predicted molar refractivity (Wildman–Crippen MR) is 83.6 cm³/mol. The summed E-state index contributed by atoms with van der Waals surface area (Å²) in [7, 11) is 1.95. The van der Waals surface area contributed by atoms with E-state index < -0.39 is 0 Å². The van der Waals surface area contributed by atoms with Crippen molar-refractivity contribution in [1.29, 1.82) is 0 Å². The van der Waals surface area contributed by atoms with Crippen molar-refractivity contribution in [2.75, 3.05) is 6.54 Å². The molecule has 3 aromatic rings. The number of aromatic nitrogens is 4. The fraction of sp³-hybridized carbons (Fsp3) is 0.312. The largest absolute Gasteiger partial charge is 0.461 e. The summed E-state index contributed by atoms with van der Waals surface area (Å²) in [5, 5.41) is 0. The molecular formula is C16H17N5O2. The van der Waals surface area contributed by atoms with E-state index in [1.54, 1.807) is 24.7 Å². The molecule has 7 nitrogen and oxygen atoms in total. The lowest BCUT2D eigenvalue weighted by Crippen LogP contribution is -2.35. The van der Waals surface area contributed by atoms with Gasteiger partial charge in [0, 0.05) is 39.3 Å². The lowest BCUT2D eigenvalue weighted by atomic mass is 10.1. The Labute approximate surface area is 132 Å². The first-order valence-corrected chi connectivity index (χ1v) is 7.54. The molecule has 0 aromatic carbocycles. The van der Waals surface area contributed by atoms with Crippen LogP contribution in [0.3, 0.4) is 0 Å². The van der Waals surface area contributed by atoms with E-state index in [9.17, 15) is 4.79 Å². The van der Waals surface area contributed by atoms with Crippen molar-refractivity contribution in [3.63, 3.8) is 0 Å². The Bertz CT molecular complexity index is 878. The number of hydrogen-bond acceptors (Lipinski definition) is 5. The highest BCUT2D eigenvalue weighted by atomic mass is 16.3. The SMILES string of the molecule is Cn1cnc(CN2CCc3nc(-c4ccco4)[nH]c(=O)c3C2)c1. The van der Waals surface area contributed by atoms with Crippen molar-refractivity contribution in [2.24, 2.45) is 7.05 Å². The summed E-state index contributed by atoms with van der Waals surface area (Å²) in [6.07, 6.45) is 6.11. The fourth-order valence-electron chi connectivity index (χ4n) is 2.92. The molecule has 7 heteroatoms. The molecule has 0 spiro atoms. The third-order valence-corrected chi connectivity index (χ3v) is 4.05. The molecule has 0 bridgehead atoms. The van der Waals surface area contributed by atoms with Gasteiger partial charge in [0.05, 0.1) is 29.5 Å². The lowest BCUT2D eigenvalue weighted by molar-refractivity contribution is 0.239. The third-order valence-electron chi connectivity index (χ3n) is 4.05. The molecule has 23 heavy (non-hydrogen) atoms. The summed E-state index contributed by atoms with van der Waals surface area (Å²) >= 11 is 0. The average Bonchev–Trinajstić information content (AvgIpc) is 3.20. The molecule has 118 valence electrons. The highest BCUT2D eigenvalue weighted by Gasteiger charge is 2.22. The van der Waals surface area contributed by atoms with Crippen LogP contribution in [0.5, 0.6) is 0 Å². The van der Waals surface area contributed by atoms with Gasteiger partial charge in [-0.05, 0) is 12.1 Å². The monoisotopic (exact) mass is 311 g/mol. The highest BCUT2D eigenvalue weighted by molar-refractivity contribution is 5.46. The summed E-state index contributed by atoms with van der Waals surface area (Å²) in [5.74, 6) is 1.08. The molecule has 3 aromatic heterocycles. The summed E-state index contributed by atoms with van der Waals surface area (Å²) < 4.78 is 7.24. The minimum absolute atomic E-state index is 0.0906. The van der Waals surface area contributed by atoms with E-state index in [1.165, 1.54) is 0 Å². The van der Waals surface area contributed by atoms with Gasteiger partial charge in [-0.15, -0.1) is 0 Å². The first kappa shape index (κ1) is 14.0. The summed E-state index contributed by atoms with van der Waals surface area (Å²) in [5.41, 5.74) is 2.51. The number of fused-ring (bicyclic) bond motifs is 1. The molecule has 1 aliphatic rings. The topological polar surface area (TPSA) is 80.0 Å². The Kier molecular flexibility index (Phi) is 3.34. The van der Waals surface area contributed by atoms with Gasteiger partial charge in [-0.2, -0.15) is 0 Å². The molecule has 1 N–H and O–H groups in total. The van der Waals surface area contributed by atoms with Crippen LogP contribution in [0.15, 0.2) is 40.1 Å². The van der Waals surface area contributed by atoms with Crippen molar-refractivity contribution >= 4 is 0 Å². The number of rotatable bonds is 3. The summed E-state index contributed by atoms with van der Waals surface area (Å²) in [6.45, 7) is 2.18. The molecule has 4 rings (SSSR count). The number of hydrogen-bond donors (Lipinski definition) is 1. The van der Waals surface area contributed by atoms with Gasteiger partial charge in [-0.25, -0.2) is 9.97 Å². The van der Waals surface area contributed by atoms with Gasteiger partial charge < -0.3 is 14.0 Å². The predicted octanol–water partition coefficient (Wildman–Crippen LogP) is 1.32. The Morgan fingerprint density at radius 3 is 3.09 bits per heavy atom. The maximum atomic E-state index is 12.4. The highest BCUT2D eigenvalue weighted by Crippen LogP contribution is 2.19. The van der Waals surface area contributed by atoms with E-state index in [0.29, 0.717) is 18.1 Å². The van der Waals surface area contributed by atoms with Crippen LogP contribution in [0.25, 0.3) is 11.6 Å². The summed E-state index contributed by atoms with van der Waals surface area (Å²) in [4.78, 5) is 26.3. The number of aromatic amines is 1. The first-order valence-electron chi connectivity index (χ1n) is 7.54. The minimum atomic E-state index is -0.0906. The van der Waals surface area contributed by atoms with Crippen molar-refractivity contribution < 1.29 is 4.42 Å². The molecule has 0 atom stereocenters. The van der Waals surface area contributed by atoms with E-state index in [1.807, 2.05) is 17.8 Å². The van der Waals surface area contributed by atoms with Gasteiger partial charge in [0.15, 0.2) is 11.6 Å². The Hall–Kier alpha value is -2.67. The van der Waals surface area contributed by atoms with Crippen molar-refractivity contribution in [3.8, 4) is 11.6 Å². The van der Waals surface area contributed by atoms with Crippen LogP contribution < -0.4 is 5.56 Å². The number of aryl methyl sites for hydroxylation is 1. The van der Waals surface area contributed by atoms with Crippen molar-refractivity contribution in [1.82, 2.24) is 24.4 Å². The fourth-order valence-corrected chi connectivity index (χ4v) is 2.92. The second-order valence-corrected chi connectivity index (χ2v) is 5.81. The van der Waals surface area contributed by atoms with E-state index in [-0.39, 0.29) is 5.56 Å². The van der Waals surface area contributed by atoms with Crippen LogP contribution in [0.1, 0.15) is 17.0 Å². The van der Waals surface area contributed by atoms with Crippen LogP contribution in [0.2, 0.25) is 0 Å². The number of nitrogens with zero attached hydrogens (tertiary/aromatic N) is 4. The molecule has 0 amide bonds. The third kappa shape index (κ3) is 2.70. The van der Waals surface area contributed by atoms with E-state index >= 15 is 0 Å². The van der Waals surface area contributed by atoms with Gasteiger partial charge in [-0.3, -0.25) is 9.69 Å². The van der Waals surface area contributed by atoms with Crippen LogP contribution >= 0.6 is 0 Å². The van der Waals surface area contributed by atoms with E-state index in [0.717, 1.165) is 36.5 Å². The van der Waals surface area contributed by atoms with Crippen LogP contribution in [0.4, 0.5) is 0 Å². The Morgan fingerprint density at radius 2 is 2.35 bits per heavy atom. The smallest absolute Gasteiger partial charge is 0.256 e. The average molecular weight is 311 g/mol. The Balaban J connectivity index is 1.59. The van der Waals surface area contributed by atoms with Gasteiger partial charge in [0.25, 0.3) is 5.56 Å². The van der Waals surface area contributed by atoms with Gasteiger partial charge in [0.2, 0.25) is 0 Å². The molecule has 0 radical (unpaired) electrons. The van der Waals surface area contributed by atoms with Gasteiger partial charge >= 0.3 is 0 Å². The summed E-state index contributed by atoms with van der Waals surface area (Å²) in [6, 6.07) is 3.57. The second-order valence-electron chi connectivity index (χ2n) is 5.81. The standard InChI is InChI=1S/C16H17N5O2/c1-20-7-11(17-10-20)8-21-5-4-13-12(9-21)16(22)19-15(18-13)14-3-2-6-23-14/h2-3,6-7,10H,4-5,8-9H2,1H3,(H,18,19,22). The number of furan rings is 1. The minimum Gasteiger partial charge on any atom is -0.461 e. The molecule has 0 aliphatic carbocycles. The zero-order chi connectivity index (χ0) is 15.8. The molecule has 0 saturated heterocycles. The maximum absolute atomic E-state index is 12.4. The zero-order valence-corrected chi connectivity index (χ0v) is 12.8. The first-order chi connectivity index (χ1) is 11.2. The molecular weight excluding hydrogens is 294 g/mol. The van der Waals surface area contributed by atoms with E-state index in [4.69, 9.17) is 4.42 Å². The van der Waals surface area contributed by atoms with Crippen LogP contribution in [-0.4, -0.2) is 31.0 Å². The maximum Gasteiger partial charge on any atom is 0.256 e. The molecule has 0 fully saturated rings. The lowest BCUT2D eigenvalue weighted by Gasteiger charge is -2.26. The second kappa shape index (κ2) is 5.51. The molecule has 0 unspecified atom stereocenters. The van der Waals surface area contributed by atoms with Crippen LogP contribution in [0, 0.1) is 0 Å². The van der Waals surface area contributed by atoms with Gasteiger partial charge in [-0.1, -0.05) is 0 Å². The van der Waals surface area contributed by atoms with Crippen molar-refractivity contribution in [2.45, 2.75) is 19.5 Å². The molecule has 4 heterocycles.